The summed E-state index contributed by atoms with van der Waals surface area (Å²) in [5.74, 6) is 0. The van der Waals surface area contributed by atoms with E-state index in [9.17, 15) is 10.2 Å². The van der Waals surface area contributed by atoms with Crippen molar-refractivity contribution in [2.75, 3.05) is 13.2 Å². The highest BCUT2D eigenvalue weighted by Crippen LogP contribution is 2.30. The molecule has 0 bridgehead atoms. The lowest BCUT2D eigenvalue weighted by Crippen LogP contribution is -2.37. The molecule has 2 aromatic rings. The molecule has 19 heavy (non-hydrogen) atoms. The minimum absolute atomic E-state index is 0.0884. The molecular weight excluding hydrogens is 304 g/mol. The number of rotatable bonds is 5. The monoisotopic (exact) mass is 320 g/mol. The van der Waals surface area contributed by atoms with Crippen molar-refractivity contribution in [2.45, 2.75) is 11.8 Å². The maximum Gasteiger partial charge on any atom is 0.0553 e. The molecule has 0 fully saturated rings. The van der Waals surface area contributed by atoms with E-state index in [1.54, 1.807) is 0 Å². The highest BCUT2D eigenvalue weighted by atomic mass is 79.9. The first kappa shape index (κ1) is 14.3. The van der Waals surface area contributed by atoms with Crippen LogP contribution >= 0.6 is 15.9 Å². The lowest BCUT2D eigenvalue weighted by molar-refractivity contribution is 0.116. The highest BCUT2D eigenvalue weighted by Gasteiger charge is 2.31. The molecule has 0 saturated heterocycles. The van der Waals surface area contributed by atoms with Gasteiger partial charge in [-0.3, -0.25) is 0 Å². The molecule has 3 heteroatoms. The van der Waals surface area contributed by atoms with Crippen LogP contribution in [-0.2, 0) is 11.8 Å². The standard InChI is InChI=1S/C16H17BrO2/c17-15-9-5-4-6-13(15)10-16(11-18,12-19)14-7-2-1-3-8-14/h1-9,18-19H,10-12H2. The Labute approximate surface area is 121 Å². The van der Waals surface area contributed by atoms with E-state index in [-0.39, 0.29) is 13.2 Å². The minimum atomic E-state index is -0.648. The van der Waals surface area contributed by atoms with Gasteiger partial charge in [0.2, 0.25) is 0 Å². The fraction of sp³-hybridized carbons (Fsp3) is 0.250. The van der Waals surface area contributed by atoms with Gasteiger partial charge in [-0.2, -0.15) is 0 Å². The van der Waals surface area contributed by atoms with Crippen LogP contribution in [0.3, 0.4) is 0 Å². The summed E-state index contributed by atoms with van der Waals surface area (Å²) in [6.45, 7) is -0.177. The number of hydrogen-bond donors (Lipinski definition) is 2. The summed E-state index contributed by atoms with van der Waals surface area (Å²) in [5, 5.41) is 19.6. The van der Waals surface area contributed by atoms with Crippen molar-refractivity contribution in [3.8, 4) is 0 Å². The van der Waals surface area contributed by atoms with E-state index in [4.69, 9.17) is 0 Å². The molecule has 2 nitrogen and oxygen atoms in total. The van der Waals surface area contributed by atoms with E-state index < -0.39 is 5.41 Å². The van der Waals surface area contributed by atoms with Crippen molar-refractivity contribution in [3.05, 3.63) is 70.2 Å². The maximum atomic E-state index is 9.81. The van der Waals surface area contributed by atoms with Crippen LogP contribution in [0.2, 0.25) is 0 Å². The molecule has 2 N–H and O–H groups in total. The Kier molecular flexibility index (Phi) is 4.75. The largest absolute Gasteiger partial charge is 0.395 e. The fourth-order valence-electron chi connectivity index (χ4n) is 2.24. The molecule has 0 heterocycles. The van der Waals surface area contributed by atoms with E-state index in [0.29, 0.717) is 6.42 Å². The third-order valence-corrected chi connectivity index (χ3v) is 4.25. The molecule has 0 aromatic heterocycles. The van der Waals surface area contributed by atoms with E-state index in [2.05, 4.69) is 15.9 Å². The molecule has 0 unspecified atom stereocenters. The minimum Gasteiger partial charge on any atom is -0.395 e. The number of benzene rings is 2. The van der Waals surface area contributed by atoms with E-state index in [0.717, 1.165) is 15.6 Å². The third-order valence-electron chi connectivity index (χ3n) is 3.48. The van der Waals surface area contributed by atoms with Crippen molar-refractivity contribution >= 4 is 15.9 Å². The summed E-state index contributed by atoms with van der Waals surface area (Å²) < 4.78 is 0.997. The van der Waals surface area contributed by atoms with Gasteiger partial charge in [0.05, 0.1) is 13.2 Å². The zero-order valence-electron chi connectivity index (χ0n) is 10.6. The smallest absolute Gasteiger partial charge is 0.0553 e. The van der Waals surface area contributed by atoms with Gasteiger partial charge in [0.25, 0.3) is 0 Å². The molecule has 0 saturated carbocycles. The summed E-state index contributed by atoms with van der Waals surface area (Å²) in [6, 6.07) is 17.6. The van der Waals surface area contributed by atoms with Gasteiger partial charge in [-0.1, -0.05) is 64.5 Å². The molecule has 0 spiro atoms. The van der Waals surface area contributed by atoms with Crippen LogP contribution in [0.25, 0.3) is 0 Å². The van der Waals surface area contributed by atoms with Crippen molar-refractivity contribution in [1.82, 2.24) is 0 Å². The summed E-state index contributed by atoms with van der Waals surface area (Å²) >= 11 is 3.52. The number of aliphatic hydroxyl groups is 2. The quantitative estimate of drug-likeness (QED) is 0.889. The van der Waals surface area contributed by atoms with Crippen LogP contribution in [0.5, 0.6) is 0 Å². The van der Waals surface area contributed by atoms with Crippen LogP contribution in [-0.4, -0.2) is 23.4 Å². The van der Waals surface area contributed by atoms with E-state index in [1.165, 1.54) is 0 Å². The van der Waals surface area contributed by atoms with Crippen molar-refractivity contribution in [2.24, 2.45) is 0 Å². The topological polar surface area (TPSA) is 40.5 Å². The number of hydrogen-bond acceptors (Lipinski definition) is 2. The molecule has 0 aliphatic rings. The molecule has 2 aromatic carbocycles. The Bertz CT molecular complexity index is 521. The fourth-order valence-corrected chi connectivity index (χ4v) is 2.67. The Balaban J connectivity index is 2.38. The SMILES string of the molecule is OCC(CO)(Cc1ccccc1Br)c1ccccc1. The lowest BCUT2D eigenvalue weighted by atomic mass is 9.77. The molecule has 0 amide bonds. The molecule has 2 rings (SSSR count). The second-order valence-corrected chi connectivity index (χ2v) is 5.59. The second-order valence-electron chi connectivity index (χ2n) is 4.73. The van der Waals surface area contributed by atoms with Crippen LogP contribution in [0.1, 0.15) is 11.1 Å². The summed E-state index contributed by atoms with van der Waals surface area (Å²) in [5.41, 5.74) is 1.38. The zero-order chi connectivity index (χ0) is 13.7. The highest BCUT2D eigenvalue weighted by molar-refractivity contribution is 9.10. The van der Waals surface area contributed by atoms with Gasteiger partial charge in [-0.15, -0.1) is 0 Å². The Hall–Kier alpha value is -1.16. The average Bonchev–Trinajstić information content (AvgIpc) is 2.48. The maximum absolute atomic E-state index is 9.81. The first-order valence-corrected chi connectivity index (χ1v) is 7.02. The van der Waals surface area contributed by atoms with Gasteiger partial charge in [0.1, 0.15) is 0 Å². The predicted octanol–water partition coefficient (Wildman–Crippen LogP) is 2.91. The van der Waals surface area contributed by atoms with Gasteiger partial charge in [-0.25, -0.2) is 0 Å². The van der Waals surface area contributed by atoms with Crippen molar-refractivity contribution in [1.29, 1.82) is 0 Å². The first-order chi connectivity index (χ1) is 9.22. The Morgan fingerprint density at radius 2 is 1.42 bits per heavy atom. The van der Waals surface area contributed by atoms with E-state index >= 15 is 0 Å². The number of aliphatic hydroxyl groups excluding tert-OH is 2. The number of halogens is 1. The second kappa shape index (κ2) is 6.33. The molecule has 0 aliphatic heterocycles. The van der Waals surface area contributed by atoms with Gasteiger partial charge in [0, 0.05) is 9.89 Å². The average molecular weight is 321 g/mol. The first-order valence-electron chi connectivity index (χ1n) is 6.22. The molecule has 0 aliphatic carbocycles. The summed E-state index contributed by atoms with van der Waals surface area (Å²) in [7, 11) is 0. The van der Waals surface area contributed by atoms with Gasteiger partial charge in [-0.05, 0) is 23.6 Å². The molecule has 100 valence electrons. The van der Waals surface area contributed by atoms with Gasteiger partial charge >= 0.3 is 0 Å². The van der Waals surface area contributed by atoms with Crippen molar-refractivity contribution < 1.29 is 10.2 Å². The van der Waals surface area contributed by atoms with E-state index in [1.807, 2.05) is 54.6 Å². The van der Waals surface area contributed by atoms with Crippen LogP contribution in [0, 0.1) is 0 Å². The zero-order valence-corrected chi connectivity index (χ0v) is 12.2. The predicted molar refractivity (Wildman–Crippen MR) is 80.1 cm³/mol. The van der Waals surface area contributed by atoms with Crippen LogP contribution < -0.4 is 0 Å². The normalized spacial score (nSPS) is 11.5. The van der Waals surface area contributed by atoms with Crippen LogP contribution in [0.15, 0.2) is 59.1 Å². The summed E-state index contributed by atoms with van der Waals surface area (Å²) in [6.07, 6.45) is 0.589. The van der Waals surface area contributed by atoms with Gasteiger partial charge in [0.15, 0.2) is 0 Å². The molecular formula is C16H17BrO2. The third kappa shape index (κ3) is 3.06. The Morgan fingerprint density at radius 1 is 0.842 bits per heavy atom. The summed E-state index contributed by atoms with van der Waals surface area (Å²) in [4.78, 5) is 0. The Morgan fingerprint density at radius 3 is 2.00 bits per heavy atom. The lowest BCUT2D eigenvalue weighted by Gasteiger charge is -2.31. The van der Waals surface area contributed by atoms with Crippen molar-refractivity contribution in [3.63, 3.8) is 0 Å². The van der Waals surface area contributed by atoms with Crippen LogP contribution in [0.4, 0.5) is 0 Å². The molecule has 0 atom stereocenters. The molecule has 0 radical (unpaired) electrons. The van der Waals surface area contributed by atoms with Gasteiger partial charge < -0.3 is 10.2 Å².